The van der Waals surface area contributed by atoms with Gasteiger partial charge < -0.3 is 4.74 Å². The van der Waals surface area contributed by atoms with Gasteiger partial charge in [0.1, 0.15) is 16.8 Å². The normalized spacial score (nSPS) is 19.4. The summed E-state index contributed by atoms with van der Waals surface area (Å²) in [7, 11) is 0. The number of rotatable bonds is 5. The summed E-state index contributed by atoms with van der Waals surface area (Å²) in [6.45, 7) is 12.8. The fourth-order valence-corrected chi connectivity index (χ4v) is 10.6. The Labute approximate surface area is 417 Å². The molecule has 0 saturated heterocycles. The molecule has 1 spiro atoms. The number of nitrogens with zero attached hydrogens (tertiary/aromatic N) is 3. The van der Waals surface area contributed by atoms with E-state index in [-0.39, 0.29) is 22.0 Å². The van der Waals surface area contributed by atoms with Crippen LogP contribution in [0.5, 0.6) is 5.75 Å². The number of para-hydroxylation sites is 1. The van der Waals surface area contributed by atoms with E-state index in [2.05, 4.69) is 175 Å². The summed E-state index contributed by atoms with van der Waals surface area (Å²) in [4.78, 5) is 0. The van der Waals surface area contributed by atoms with E-state index in [4.69, 9.17) is 17.1 Å². The van der Waals surface area contributed by atoms with E-state index in [9.17, 15) is 5.48 Å². The maximum Gasteiger partial charge on any atom is 0.499 e. The molecule has 3 aliphatic heterocycles. The fourth-order valence-electron chi connectivity index (χ4n) is 10.6. The van der Waals surface area contributed by atoms with Gasteiger partial charge in [-0.15, -0.1) is 9.13 Å². The van der Waals surface area contributed by atoms with Crippen LogP contribution in [0.1, 0.15) is 148 Å². The highest BCUT2D eigenvalue weighted by Gasteiger charge is 2.69. The summed E-state index contributed by atoms with van der Waals surface area (Å²) in [5, 5.41) is 0. The molecule has 1 unspecified atom stereocenters. The van der Waals surface area contributed by atoms with Gasteiger partial charge in [0.15, 0.2) is 23.0 Å². The minimum absolute atomic E-state index is 0.204. The molecule has 338 valence electrons. The predicted molar refractivity (Wildman–Crippen MR) is 277 cm³/mol. The van der Waals surface area contributed by atoms with E-state index in [0.29, 0.717) is 17.4 Å². The molecular weight excluding hydrogens is 815 g/mol. The van der Waals surface area contributed by atoms with Crippen molar-refractivity contribution in [2.45, 2.75) is 131 Å². The number of aromatic nitrogens is 3. The Morgan fingerprint density at radius 2 is 1.30 bits per heavy atom. The molecule has 11 rings (SSSR count). The standard InChI is InChI=1S/C63H67N3O/c1-38(2)31-42-32-46(27-28-47(42)40-19-16-15-17-20-40)65-53-22-18-21-48-49-34-44(60(6,7)8)35-50-54-33-41(39-23-25-43(26-24-39)59(3,4)5)29-30-64(54)63(55(49)50)66(56(48)53)58(65)51-36-45(61(9,10)11)37-52(57(51)67-63)62(12,13)14/h15-30,32-38H,31H2,1-14H3/q+2/i3D3,4D3,5D3,23D,24D,25D,26D. The minimum atomic E-state index is -3.81. The van der Waals surface area contributed by atoms with Crippen molar-refractivity contribution >= 4 is 11.0 Å². The third kappa shape index (κ3) is 6.52. The van der Waals surface area contributed by atoms with Crippen molar-refractivity contribution < 1.29 is 31.7 Å². The fraction of sp³-hybridized carbons (Fsp3) is 0.333. The molecule has 6 aromatic carbocycles. The van der Waals surface area contributed by atoms with E-state index >= 15 is 0 Å². The predicted octanol–water partition coefficient (Wildman–Crippen LogP) is 15.2. The van der Waals surface area contributed by atoms with E-state index in [0.717, 1.165) is 79.0 Å². The van der Waals surface area contributed by atoms with Crippen molar-refractivity contribution in [1.29, 1.82) is 0 Å². The lowest BCUT2D eigenvalue weighted by molar-refractivity contribution is -0.997. The molecule has 0 saturated carbocycles. The van der Waals surface area contributed by atoms with E-state index in [1.54, 1.807) is 12.1 Å². The maximum absolute atomic E-state index is 9.50. The number of ether oxygens (including phenoxy) is 1. The Kier molecular flexibility index (Phi) is 6.63. The highest BCUT2D eigenvalue weighted by molar-refractivity contribution is 5.98. The summed E-state index contributed by atoms with van der Waals surface area (Å²) < 4.78 is 128. The van der Waals surface area contributed by atoms with Crippen molar-refractivity contribution in [1.82, 2.24) is 4.57 Å². The molecule has 4 heteroatoms. The van der Waals surface area contributed by atoms with Crippen LogP contribution in [0.2, 0.25) is 0 Å². The number of hydrogen-bond acceptors (Lipinski definition) is 1. The number of imidazole rings is 1. The Morgan fingerprint density at radius 1 is 0.612 bits per heavy atom. The molecule has 0 amide bonds. The number of hydrogen-bond donors (Lipinski definition) is 0. The first-order chi connectivity index (χ1) is 37.0. The molecule has 0 N–H and O–H groups in total. The van der Waals surface area contributed by atoms with Crippen molar-refractivity contribution in [3.8, 4) is 67.5 Å². The first-order valence-electron chi connectivity index (χ1n) is 30.0. The van der Waals surface area contributed by atoms with E-state index in [1.165, 1.54) is 11.1 Å². The van der Waals surface area contributed by atoms with Crippen LogP contribution in [-0.2, 0) is 33.9 Å². The van der Waals surface area contributed by atoms with Crippen molar-refractivity contribution in [3.63, 3.8) is 0 Å². The average Bonchev–Trinajstić information content (AvgIpc) is 4.01. The lowest BCUT2D eigenvalue weighted by Crippen LogP contribution is -2.78. The van der Waals surface area contributed by atoms with Crippen LogP contribution in [0.25, 0.3) is 72.7 Å². The third-order valence-electron chi connectivity index (χ3n) is 14.0. The molecule has 0 bridgehead atoms. The first kappa shape index (κ1) is 30.9. The minimum Gasteiger partial charge on any atom is -0.392 e. The third-order valence-corrected chi connectivity index (χ3v) is 14.0. The van der Waals surface area contributed by atoms with E-state index in [1.807, 2.05) is 12.3 Å². The van der Waals surface area contributed by atoms with Gasteiger partial charge in [0.25, 0.3) is 0 Å². The Hall–Kier alpha value is -6.26. The van der Waals surface area contributed by atoms with Crippen LogP contribution < -0.4 is 13.9 Å². The molecule has 2 aromatic heterocycles. The Bertz CT molecular complexity index is 3870. The molecule has 0 fully saturated rings. The van der Waals surface area contributed by atoms with Gasteiger partial charge in [0.05, 0.1) is 11.0 Å². The topological polar surface area (TPSA) is 21.9 Å². The van der Waals surface area contributed by atoms with Gasteiger partial charge in [0, 0.05) is 41.2 Å². The van der Waals surface area contributed by atoms with Crippen LogP contribution in [0.3, 0.4) is 0 Å². The van der Waals surface area contributed by atoms with E-state index < -0.39 is 67.0 Å². The van der Waals surface area contributed by atoms with Crippen LogP contribution in [0, 0.1) is 5.92 Å². The molecule has 67 heavy (non-hydrogen) atoms. The zero-order valence-electron chi connectivity index (χ0n) is 53.4. The second kappa shape index (κ2) is 14.4. The van der Waals surface area contributed by atoms with Crippen LogP contribution >= 0.6 is 0 Å². The lowest BCUT2D eigenvalue weighted by Gasteiger charge is -2.36. The molecule has 5 heterocycles. The van der Waals surface area contributed by atoms with Gasteiger partial charge in [-0.2, -0.15) is 4.57 Å². The average molecular weight is 895 g/mol. The first-order valence-corrected chi connectivity index (χ1v) is 23.5. The summed E-state index contributed by atoms with van der Waals surface area (Å²) in [5.41, 5.74) is 8.58. The van der Waals surface area contributed by atoms with Crippen LogP contribution in [0.15, 0.2) is 133 Å². The van der Waals surface area contributed by atoms with Gasteiger partial charge in [-0.25, -0.2) is 0 Å². The van der Waals surface area contributed by atoms with Crippen LogP contribution in [-0.4, -0.2) is 4.57 Å². The molecule has 8 aromatic rings. The molecule has 4 nitrogen and oxygen atoms in total. The van der Waals surface area contributed by atoms with Crippen molar-refractivity contribution in [2.24, 2.45) is 5.92 Å². The number of benzene rings is 6. The zero-order valence-corrected chi connectivity index (χ0v) is 40.4. The quantitative estimate of drug-likeness (QED) is 0.158. The smallest absolute Gasteiger partial charge is 0.392 e. The second-order valence-corrected chi connectivity index (χ2v) is 22.5. The number of pyridine rings is 1. The summed E-state index contributed by atoms with van der Waals surface area (Å²) in [6, 6.07) is 32.5. The highest BCUT2D eigenvalue weighted by Crippen LogP contribution is 2.56. The molecule has 1 atom stereocenters. The largest absolute Gasteiger partial charge is 0.499 e. The van der Waals surface area contributed by atoms with Crippen molar-refractivity contribution in [3.05, 3.63) is 167 Å². The van der Waals surface area contributed by atoms with Crippen LogP contribution in [0.4, 0.5) is 0 Å². The van der Waals surface area contributed by atoms with Crippen molar-refractivity contribution in [2.75, 3.05) is 0 Å². The second-order valence-electron chi connectivity index (χ2n) is 22.5. The summed E-state index contributed by atoms with van der Waals surface area (Å²) in [6.07, 6.45) is 2.67. The zero-order chi connectivity index (χ0) is 58.3. The molecule has 0 aliphatic carbocycles. The molecular formula is C63H67N3O+2. The number of fused-ring (bicyclic) bond motifs is 5. The van der Waals surface area contributed by atoms with Gasteiger partial charge in [-0.3, -0.25) is 0 Å². The molecule has 0 radical (unpaired) electrons. The Morgan fingerprint density at radius 3 is 1.97 bits per heavy atom. The highest BCUT2D eigenvalue weighted by atomic mass is 16.5. The van der Waals surface area contributed by atoms with Gasteiger partial charge in [-0.1, -0.05) is 163 Å². The Balaban J connectivity index is 1.28. The van der Waals surface area contributed by atoms with Gasteiger partial charge in [-0.05, 0) is 127 Å². The summed E-state index contributed by atoms with van der Waals surface area (Å²) in [5.74, 6) is 0.500. The maximum atomic E-state index is 9.50. The van der Waals surface area contributed by atoms with Gasteiger partial charge >= 0.3 is 11.7 Å². The SMILES string of the molecule is [2H]c1c([2H])c(C(C([2H])([2H])[2H])(C([2H])([2H])[2H])C([2H])([2H])[2H])c([2H])c([2H])c1-c1cc[n+]2c(c1)-c1cc(C(C)(C)C)cc3c1C21Oc2c(cc(C(C)(C)C)cc2C(C)(C)C)-c2n(-c4ccc(-c5ccccc5)c(CC(C)C)c4)c4cccc-3c4[n+]21. The van der Waals surface area contributed by atoms with Gasteiger partial charge in [0.2, 0.25) is 5.69 Å². The lowest BCUT2D eigenvalue weighted by atomic mass is 9.78. The monoisotopic (exact) mass is 895 g/mol. The summed E-state index contributed by atoms with van der Waals surface area (Å²) >= 11 is 0. The molecule has 3 aliphatic rings.